The van der Waals surface area contributed by atoms with Crippen LogP contribution < -0.4 is 4.74 Å². The molecule has 0 saturated heterocycles. The second kappa shape index (κ2) is 10.7. The highest BCUT2D eigenvalue weighted by atomic mass is 16.5. The normalized spacial score (nSPS) is 12.3. The van der Waals surface area contributed by atoms with Crippen molar-refractivity contribution in [3.63, 3.8) is 0 Å². The highest BCUT2D eigenvalue weighted by Gasteiger charge is 2.09. The summed E-state index contributed by atoms with van der Waals surface area (Å²) >= 11 is 0. The molecule has 2 heteroatoms. The standard InChI is InChI=1S/C18H30O2/c1-3-4-5-6-7-8-10-17(15-19)13-16-11-9-12-18(14-16)20-2/h9,11-12,14,17,19H,3-8,10,13,15H2,1-2H3. The molecule has 0 spiro atoms. The molecule has 0 heterocycles. The summed E-state index contributed by atoms with van der Waals surface area (Å²) in [6.45, 7) is 2.53. The summed E-state index contributed by atoms with van der Waals surface area (Å²) in [5.41, 5.74) is 1.26. The Kier molecular flexibility index (Phi) is 9.14. The molecule has 1 unspecified atom stereocenters. The molecule has 114 valence electrons. The van der Waals surface area contributed by atoms with Crippen LogP contribution in [0.2, 0.25) is 0 Å². The lowest BCUT2D eigenvalue weighted by Gasteiger charge is -2.14. The first-order valence-electron chi connectivity index (χ1n) is 8.04. The van der Waals surface area contributed by atoms with E-state index in [0.717, 1.165) is 18.6 Å². The van der Waals surface area contributed by atoms with E-state index in [1.165, 1.54) is 44.1 Å². The van der Waals surface area contributed by atoms with Crippen molar-refractivity contribution in [3.05, 3.63) is 29.8 Å². The Morgan fingerprint density at radius 1 is 1.10 bits per heavy atom. The summed E-state index contributed by atoms with van der Waals surface area (Å²) in [5, 5.41) is 9.52. The summed E-state index contributed by atoms with van der Waals surface area (Å²) in [4.78, 5) is 0. The highest BCUT2D eigenvalue weighted by molar-refractivity contribution is 5.28. The second-order valence-electron chi connectivity index (χ2n) is 5.66. The molecule has 0 aromatic heterocycles. The van der Waals surface area contributed by atoms with Gasteiger partial charge in [0, 0.05) is 6.61 Å². The fourth-order valence-corrected chi connectivity index (χ4v) is 2.60. The van der Waals surface area contributed by atoms with Crippen LogP contribution in [0.5, 0.6) is 5.75 Å². The predicted molar refractivity (Wildman–Crippen MR) is 85.3 cm³/mol. The van der Waals surface area contributed by atoms with E-state index in [-0.39, 0.29) is 6.61 Å². The molecule has 2 nitrogen and oxygen atoms in total. The molecule has 1 aromatic carbocycles. The molecule has 0 aliphatic rings. The van der Waals surface area contributed by atoms with Gasteiger partial charge in [-0.05, 0) is 36.5 Å². The van der Waals surface area contributed by atoms with Crippen LogP contribution in [0.15, 0.2) is 24.3 Å². The van der Waals surface area contributed by atoms with Crippen LogP contribution in [-0.2, 0) is 6.42 Å². The number of rotatable bonds is 11. The monoisotopic (exact) mass is 278 g/mol. The zero-order chi connectivity index (χ0) is 14.6. The van der Waals surface area contributed by atoms with Crippen LogP contribution >= 0.6 is 0 Å². The average Bonchev–Trinajstić information content (AvgIpc) is 2.49. The van der Waals surface area contributed by atoms with Gasteiger partial charge in [0.25, 0.3) is 0 Å². The Bertz CT molecular complexity index is 349. The van der Waals surface area contributed by atoms with Gasteiger partial charge in [-0.15, -0.1) is 0 Å². The summed E-state index contributed by atoms with van der Waals surface area (Å²) in [7, 11) is 1.69. The van der Waals surface area contributed by atoms with Gasteiger partial charge >= 0.3 is 0 Å². The number of ether oxygens (including phenoxy) is 1. The lowest BCUT2D eigenvalue weighted by molar-refractivity contribution is 0.214. The Balaban J connectivity index is 2.27. The Hall–Kier alpha value is -1.02. The van der Waals surface area contributed by atoms with E-state index in [0.29, 0.717) is 5.92 Å². The van der Waals surface area contributed by atoms with Gasteiger partial charge in [0.1, 0.15) is 5.75 Å². The molecular formula is C18H30O2. The molecule has 0 aliphatic heterocycles. The number of aliphatic hydroxyl groups excluding tert-OH is 1. The van der Waals surface area contributed by atoms with Crippen LogP contribution in [0.4, 0.5) is 0 Å². The second-order valence-corrected chi connectivity index (χ2v) is 5.66. The molecule has 0 aliphatic carbocycles. The molecule has 1 rings (SSSR count). The molecular weight excluding hydrogens is 248 g/mol. The van der Waals surface area contributed by atoms with E-state index >= 15 is 0 Å². The van der Waals surface area contributed by atoms with Crippen molar-refractivity contribution in [1.82, 2.24) is 0 Å². The maximum Gasteiger partial charge on any atom is 0.119 e. The van der Waals surface area contributed by atoms with Crippen molar-refractivity contribution in [2.75, 3.05) is 13.7 Å². The van der Waals surface area contributed by atoms with Crippen LogP contribution in [0.25, 0.3) is 0 Å². The number of aliphatic hydroxyl groups is 1. The third-order valence-electron chi connectivity index (χ3n) is 3.88. The number of benzene rings is 1. The number of hydrogen-bond acceptors (Lipinski definition) is 2. The molecule has 0 bridgehead atoms. The molecule has 0 amide bonds. The van der Waals surface area contributed by atoms with Gasteiger partial charge < -0.3 is 9.84 Å². The van der Waals surface area contributed by atoms with E-state index < -0.39 is 0 Å². The minimum Gasteiger partial charge on any atom is -0.497 e. The number of unbranched alkanes of at least 4 members (excludes halogenated alkanes) is 5. The number of methoxy groups -OCH3 is 1. The van der Waals surface area contributed by atoms with Gasteiger partial charge in [-0.3, -0.25) is 0 Å². The van der Waals surface area contributed by atoms with Gasteiger partial charge in [0.2, 0.25) is 0 Å². The average molecular weight is 278 g/mol. The third-order valence-corrected chi connectivity index (χ3v) is 3.88. The molecule has 0 fully saturated rings. The zero-order valence-electron chi connectivity index (χ0n) is 13.1. The molecule has 1 aromatic rings. The van der Waals surface area contributed by atoms with E-state index in [2.05, 4.69) is 19.1 Å². The van der Waals surface area contributed by atoms with Crippen LogP contribution in [0.3, 0.4) is 0 Å². The van der Waals surface area contributed by atoms with Crippen molar-refractivity contribution < 1.29 is 9.84 Å². The summed E-state index contributed by atoms with van der Waals surface area (Å²) in [6.07, 6.45) is 9.96. The Morgan fingerprint density at radius 3 is 2.55 bits per heavy atom. The topological polar surface area (TPSA) is 29.5 Å². The Morgan fingerprint density at radius 2 is 1.85 bits per heavy atom. The molecule has 1 atom stereocenters. The van der Waals surface area contributed by atoms with Crippen molar-refractivity contribution in [2.45, 2.75) is 58.3 Å². The Labute approximate surface area is 124 Å². The first-order chi connectivity index (χ1) is 9.80. The van der Waals surface area contributed by atoms with Crippen LogP contribution in [0, 0.1) is 5.92 Å². The lowest BCUT2D eigenvalue weighted by Crippen LogP contribution is -2.09. The minimum absolute atomic E-state index is 0.284. The van der Waals surface area contributed by atoms with Gasteiger partial charge in [0.05, 0.1) is 7.11 Å². The van der Waals surface area contributed by atoms with E-state index in [1.807, 2.05) is 12.1 Å². The van der Waals surface area contributed by atoms with Crippen molar-refractivity contribution in [3.8, 4) is 5.75 Å². The van der Waals surface area contributed by atoms with Gasteiger partial charge in [-0.25, -0.2) is 0 Å². The maximum absolute atomic E-state index is 9.52. The fourth-order valence-electron chi connectivity index (χ4n) is 2.60. The quantitative estimate of drug-likeness (QED) is 0.600. The van der Waals surface area contributed by atoms with E-state index in [4.69, 9.17) is 4.74 Å². The summed E-state index contributed by atoms with van der Waals surface area (Å²) < 4.78 is 5.24. The van der Waals surface area contributed by atoms with Crippen LogP contribution in [-0.4, -0.2) is 18.8 Å². The van der Waals surface area contributed by atoms with Gasteiger partial charge in [-0.2, -0.15) is 0 Å². The first-order valence-corrected chi connectivity index (χ1v) is 8.04. The van der Waals surface area contributed by atoms with Crippen molar-refractivity contribution in [1.29, 1.82) is 0 Å². The molecule has 0 radical (unpaired) electrons. The SMILES string of the molecule is CCCCCCCCC(CO)Cc1cccc(OC)c1. The van der Waals surface area contributed by atoms with E-state index in [9.17, 15) is 5.11 Å². The molecule has 20 heavy (non-hydrogen) atoms. The largest absolute Gasteiger partial charge is 0.497 e. The lowest BCUT2D eigenvalue weighted by atomic mass is 9.94. The summed E-state index contributed by atoms with van der Waals surface area (Å²) in [6, 6.07) is 8.18. The van der Waals surface area contributed by atoms with Crippen molar-refractivity contribution >= 4 is 0 Å². The minimum atomic E-state index is 0.284. The smallest absolute Gasteiger partial charge is 0.119 e. The predicted octanol–water partition coefficient (Wildman–Crippen LogP) is 4.60. The summed E-state index contributed by atoms with van der Waals surface area (Å²) in [5.74, 6) is 1.28. The van der Waals surface area contributed by atoms with E-state index in [1.54, 1.807) is 7.11 Å². The van der Waals surface area contributed by atoms with Gasteiger partial charge in [0.15, 0.2) is 0 Å². The van der Waals surface area contributed by atoms with Crippen molar-refractivity contribution in [2.24, 2.45) is 5.92 Å². The third kappa shape index (κ3) is 6.95. The molecule has 0 saturated carbocycles. The number of hydrogen-bond donors (Lipinski definition) is 1. The maximum atomic E-state index is 9.52. The fraction of sp³-hybridized carbons (Fsp3) is 0.667. The van der Waals surface area contributed by atoms with Crippen LogP contribution in [0.1, 0.15) is 57.4 Å². The first kappa shape index (κ1) is 17.0. The van der Waals surface area contributed by atoms with Gasteiger partial charge in [-0.1, -0.05) is 57.6 Å². The zero-order valence-corrected chi connectivity index (χ0v) is 13.1. The molecule has 1 N–H and O–H groups in total. The highest BCUT2D eigenvalue weighted by Crippen LogP contribution is 2.19.